The molecule has 16 heavy (non-hydrogen) atoms. The minimum Gasteiger partial charge on any atom is -0.469 e. The van der Waals surface area contributed by atoms with Crippen molar-refractivity contribution < 1.29 is 14.3 Å². The minimum absolute atomic E-state index is 0.255. The molecule has 0 heterocycles. The average molecular weight is 218 g/mol. The van der Waals surface area contributed by atoms with E-state index in [2.05, 4.69) is 4.74 Å². The van der Waals surface area contributed by atoms with E-state index in [1.54, 1.807) is 12.1 Å². The Hall–Kier alpha value is -1.90. The number of hydrogen-bond donors (Lipinski definition) is 0. The van der Waals surface area contributed by atoms with Crippen LogP contribution in [-0.4, -0.2) is 19.4 Å². The van der Waals surface area contributed by atoms with Gasteiger partial charge in [-0.15, -0.1) is 0 Å². The molecular weight excluding hydrogens is 204 g/mol. The molecule has 0 bridgehead atoms. The lowest BCUT2D eigenvalue weighted by molar-refractivity contribution is -0.139. The number of methoxy groups -OCH3 is 1. The third-order valence-corrected chi connectivity index (χ3v) is 2.24. The van der Waals surface area contributed by atoms with Gasteiger partial charge in [0.05, 0.1) is 13.5 Å². The molecule has 0 fully saturated rings. The van der Waals surface area contributed by atoms with E-state index in [9.17, 15) is 9.59 Å². The zero-order chi connectivity index (χ0) is 12.0. The van der Waals surface area contributed by atoms with Crippen molar-refractivity contribution in [2.24, 2.45) is 0 Å². The first kappa shape index (κ1) is 12.2. The number of esters is 1. The van der Waals surface area contributed by atoms with Crippen LogP contribution in [0.4, 0.5) is 0 Å². The van der Waals surface area contributed by atoms with E-state index in [1.807, 2.05) is 25.1 Å². The monoisotopic (exact) mass is 218 g/mol. The molecule has 0 aliphatic rings. The van der Waals surface area contributed by atoms with E-state index in [0.29, 0.717) is 5.56 Å². The van der Waals surface area contributed by atoms with Crippen LogP contribution >= 0.6 is 0 Å². The Labute approximate surface area is 94.7 Å². The number of carbonyl (C=O) groups excluding carboxylic acids is 2. The summed E-state index contributed by atoms with van der Waals surface area (Å²) in [6, 6.07) is 5.41. The highest BCUT2D eigenvalue weighted by Gasteiger charge is 1.98. The standard InChI is InChI=1S/C13H14O3/c1-10-8-11(9-14)6-7-12(10)4-3-5-13(15)16-2/h3-4,6-9H,5H2,1-2H3. The van der Waals surface area contributed by atoms with Crippen LogP contribution in [0.5, 0.6) is 0 Å². The fraction of sp³-hybridized carbons (Fsp3) is 0.231. The van der Waals surface area contributed by atoms with Crippen LogP contribution in [-0.2, 0) is 9.53 Å². The summed E-state index contributed by atoms with van der Waals surface area (Å²) in [5, 5.41) is 0. The van der Waals surface area contributed by atoms with E-state index < -0.39 is 0 Å². The Morgan fingerprint density at radius 2 is 2.19 bits per heavy atom. The molecule has 1 rings (SSSR count). The van der Waals surface area contributed by atoms with Gasteiger partial charge in [-0.05, 0) is 24.1 Å². The van der Waals surface area contributed by atoms with E-state index in [1.165, 1.54) is 7.11 Å². The van der Waals surface area contributed by atoms with Crippen LogP contribution in [0, 0.1) is 6.92 Å². The van der Waals surface area contributed by atoms with Crippen molar-refractivity contribution in [2.45, 2.75) is 13.3 Å². The zero-order valence-electron chi connectivity index (χ0n) is 9.40. The summed E-state index contributed by atoms with van der Waals surface area (Å²) in [6.45, 7) is 1.92. The lowest BCUT2D eigenvalue weighted by atomic mass is 10.1. The molecule has 0 aliphatic carbocycles. The van der Waals surface area contributed by atoms with Gasteiger partial charge in [0.1, 0.15) is 6.29 Å². The fourth-order valence-electron chi connectivity index (χ4n) is 1.32. The molecule has 1 aromatic carbocycles. The minimum atomic E-state index is -0.265. The summed E-state index contributed by atoms with van der Waals surface area (Å²) in [5.41, 5.74) is 2.66. The SMILES string of the molecule is COC(=O)CC=Cc1ccc(C=O)cc1C. The Kier molecular flexibility index (Phi) is 4.45. The number of benzene rings is 1. The lowest BCUT2D eigenvalue weighted by Crippen LogP contribution is -1.96. The van der Waals surface area contributed by atoms with Crippen molar-refractivity contribution in [2.75, 3.05) is 7.11 Å². The van der Waals surface area contributed by atoms with E-state index in [4.69, 9.17) is 0 Å². The van der Waals surface area contributed by atoms with Crippen molar-refractivity contribution in [3.8, 4) is 0 Å². The van der Waals surface area contributed by atoms with Crippen LogP contribution < -0.4 is 0 Å². The molecule has 0 atom stereocenters. The van der Waals surface area contributed by atoms with Gasteiger partial charge in [0.2, 0.25) is 0 Å². The molecule has 0 aromatic heterocycles. The number of ether oxygens (including phenoxy) is 1. The van der Waals surface area contributed by atoms with Gasteiger partial charge < -0.3 is 4.74 Å². The van der Waals surface area contributed by atoms with Gasteiger partial charge in [-0.25, -0.2) is 0 Å². The predicted molar refractivity (Wildman–Crippen MR) is 62.2 cm³/mol. The summed E-state index contributed by atoms with van der Waals surface area (Å²) in [6.07, 6.45) is 4.66. The van der Waals surface area contributed by atoms with Crippen molar-refractivity contribution >= 4 is 18.3 Å². The molecule has 3 heteroatoms. The Morgan fingerprint density at radius 1 is 1.44 bits per heavy atom. The Morgan fingerprint density at radius 3 is 2.75 bits per heavy atom. The normalized spacial score (nSPS) is 10.4. The van der Waals surface area contributed by atoms with Crippen LogP contribution in [0.15, 0.2) is 24.3 Å². The van der Waals surface area contributed by atoms with Gasteiger partial charge in [-0.3, -0.25) is 9.59 Å². The highest BCUT2D eigenvalue weighted by molar-refractivity contribution is 5.77. The second-order valence-corrected chi connectivity index (χ2v) is 3.42. The maximum Gasteiger partial charge on any atom is 0.309 e. The summed E-state index contributed by atoms with van der Waals surface area (Å²) >= 11 is 0. The summed E-state index contributed by atoms with van der Waals surface area (Å²) < 4.78 is 4.52. The van der Waals surface area contributed by atoms with Crippen LogP contribution in [0.2, 0.25) is 0 Å². The van der Waals surface area contributed by atoms with Crippen molar-refractivity contribution in [1.29, 1.82) is 0 Å². The molecule has 1 aromatic rings. The van der Waals surface area contributed by atoms with Crippen LogP contribution in [0.1, 0.15) is 27.9 Å². The first-order chi connectivity index (χ1) is 7.67. The van der Waals surface area contributed by atoms with Gasteiger partial charge >= 0.3 is 5.97 Å². The maximum atomic E-state index is 10.9. The zero-order valence-corrected chi connectivity index (χ0v) is 9.40. The van der Waals surface area contributed by atoms with Crippen molar-refractivity contribution in [3.05, 3.63) is 41.0 Å². The Bertz CT molecular complexity index is 419. The number of hydrogen-bond acceptors (Lipinski definition) is 3. The molecule has 0 N–H and O–H groups in total. The molecule has 0 saturated carbocycles. The second-order valence-electron chi connectivity index (χ2n) is 3.42. The highest BCUT2D eigenvalue weighted by Crippen LogP contribution is 2.12. The maximum absolute atomic E-state index is 10.9. The molecule has 0 unspecified atom stereocenters. The Balaban J connectivity index is 2.74. The predicted octanol–water partition coefficient (Wildman–Crippen LogP) is 2.38. The number of aryl methyl sites for hydroxylation is 1. The van der Waals surface area contributed by atoms with Gasteiger partial charge in [0.15, 0.2) is 0 Å². The number of rotatable bonds is 4. The molecule has 0 saturated heterocycles. The first-order valence-electron chi connectivity index (χ1n) is 4.96. The smallest absolute Gasteiger partial charge is 0.309 e. The topological polar surface area (TPSA) is 43.4 Å². The summed E-state index contributed by atoms with van der Waals surface area (Å²) in [5.74, 6) is -0.265. The number of carbonyl (C=O) groups is 2. The van der Waals surface area contributed by atoms with Crippen molar-refractivity contribution in [1.82, 2.24) is 0 Å². The van der Waals surface area contributed by atoms with Gasteiger partial charge in [0, 0.05) is 5.56 Å². The molecule has 0 spiro atoms. The third kappa shape index (κ3) is 3.35. The average Bonchev–Trinajstić information content (AvgIpc) is 2.30. The van der Waals surface area contributed by atoms with Crippen LogP contribution in [0.25, 0.3) is 6.08 Å². The first-order valence-corrected chi connectivity index (χ1v) is 4.96. The molecule has 0 radical (unpaired) electrons. The second kappa shape index (κ2) is 5.85. The van der Waals surface area contributed by atoms with Crippen LogP contribution in [0.3, 0.4) is 0 Å². The van der Waals surface area contributed by atoms with Crippen molar-refractivity contribution in [3.63, 3.8) is 0 Å². The van der Waals surface area contributed by atoms with E-state index in [0.717, 1.165) is 17.4 Å². The molecule has 0 aliphatic heterocycles. The molecule has 84 valence electrons. The fourth-order valence-corrected chi connectivity index (χ4v) is 1.32. The van der Waals surface area contributed by atoms with E-state index in [-0.39, 0.29) is 12.4 Å². The third-order valence-electron chi connectivity index (χ3n) is 2.24. The van der Waals surface area contributed by atoms with Gasteiger partial charge in [0.25, 0.3) is 0 Å². The molecule has 3 nitrogen and oxygen atoms in total. The highest BCUT2D eigenvalue weighted by atomic mass is 16.5. The molecular formula is C13H14O3. The molecule has 0 amide bonds. The van der Waals surface area contributed by atoms with Gasteiger partial charge in [-0.1, -0.05) is 24.3 Å². The largest absolute Gasteiger partial charge is 0.469 e. The summed E-state index contributed by atoms with van der Waals surface area (Å²) in [4.78, 5) is 21.4. The number of aldehydes is 1. The van der Waals surface area contributed by atoms with Gasteiger partial charge in [-0.2, -0.15) is 0 Å². The lowest BCUT2D eigenvalue weighted by Gasteiger charge is -2.00. The van der Waals surface area contributed by atoms with E-state index >= 15 is 0 Å². The quantitative estimate of drug-likeness (QED) is 0.575. The summed E-state index contributed by atoms with van der Waals surface area (Å²) in [7, 11) is 1.36.